The van der Waals surface area contributed by atoms with Crippen LogP contribution < -0.4 is 4.72 Å². The Hall–Kier alpha value is -1.21. The number of nitrogens with zero attached hydrogens (tertiary/aromatic N) is 2. The predicted molar refractivity (Wildman–Crippen MR) is 51.1 cm³/mol. The van der Waals surface area contributed by atoms with Gasteiger partial charge in [0.15, 0.2) is 5.82 Å². The molecule has 0 aliphatic carbocycles. The maximum atomic E-state index is 11.3. The highest BCUT2D eigenvalue weighted by Crippen LogP contribution is 2.02. The summed E-state index contributed by atoms with van der Waals surface area (Å²) in [6, 6.07) is 3.08. The molecule has 1 rings (SSSR count). The first-order valence-electron chi connectivity index (χ1n) is 4.03. The molecule has 0 saturated heterocycles. The Morgan fingerprint density at radius 1 is 1.50 bits per heavy atom. The van der Waals surface area contributed by atoms with Crippen molar-refractivity contribution in [2.75, 3.05) is 17.1 Å². The average molecular weight is 217 g/mol. The van der Waals surface area contributed by atoms with Crippen molar-refractivity contribution in [3.63, 3.8) is 0 Å². The second-order valence-electron chi connectivity index (χ2n) is 2.61. The molecule has 1 heterocycles. The third-order valence-electron chi connectivity index (χ3n) is 1.40. The average Bonchev–Trinajstić information content (AvgIpc) is 2.16. The van der Waals surface area contributed by atoms with E-state index in [0.717, 1.165) is 0 Å². The minimum Gasteiger partial charge on any atom is -0.396 e. The van der Waals surface area contributed by atoms with Gasteiger partial charge in [-0.05, 0) is 18.6 Å². The normalized spacial score (nSPS) is 11.2. The Morgan fingerprint density at radius 2 is 2.29 bits per heavy atom. The molecule has 2 N–H and O–H groups in total. The molecule has 14 heavy (non-hydrogen) atoms. The van der Waals surface area contributed by atoms with Gasteiger partial charge >= 0.3 is 0 Å². The van der Waals surface area contributed by atoms with Gasteiger partial charge in [-0.2, -0.15) is 5.10 Å². The van der Waals surface area contributed by atoms with E-state index in [0.29, 0.717) is 0 Å². The lowest BCUT2D eigenvalue weighted by atomic mass is 10.5. The standard InChI is InChI=1S/C7H11N3O3S/c11-5-2-6-14(12,13)10-7-3-1-4-8-9-7/h1,3-4,11H,2,5-6H2,(H,9,10). The van der Waals surface area contributed by atoms with Crippen LogP contribution in [0.5, 0.6) is 0 Å². The van der Waals surface area contributed by atoms with E-state index in [1.165, 1.54) is 12.3 Å². The molecule has 0 amide bonds. The van der Waals surface area contributed by atoms with Crippen molar-refractivity contribution in [1.82, 2.24) is 10.2 Å². The molecule has 0 saturated carbocycles. The Kier molecular flexibility index (Phi) is 3.78. The van der Waals surface area contributed by atoms with Gasteiger partial charge < -0.3 is 5.11 Å². The van der Waals surface area contributed by atoms with Crippen LogP contribution in [0.4, 0.5) is 5.82 Å². The molecule has 0 aliphatic heterocycles. The highest BCUT2D eigenvalue weighted by Gasteiger charge is 2.09. The second kappa shape index (κ2) is 4.87. The van der Waals surface area contributed by atoms with E-state index in [9.17, 15) is 8.42 Å². The maximum Gasteiger partial charge on any atom is 0.234 e. The SMILES string of the molecule is O=S(=O)(CCCO)Nc1cccnn1. The first-order chi connectivity index (χ1) is 6.64. The number of aliphatic hydroxyl groups excluding tert-OH is 1. The van der Waals surface area contributed by atoms with Crippen LogP contribution in [0.15, 0.2) is 18.3 Å². The number of rotatable bonds is 5. The Bertz CT molecular complexity index is 365. The zero-order valence-electron chi connectivity index (χ0n) is 7.42. The summed E-state index contributed by atoms with van der Waals surface area (Å²) in [4.78, 5) is 0. The van der Waals surface area contributed by atoms with Crippen LogP contribution in [0.3, 0.4) is 0 Å². The van der Waals surface area contributed by atoms with Crippen LogP contribution in [-0.2, 0) is 10.0 Å². The van der Waals surface area contributed by atoms with Crippen LogP contribution in [0, 0.1) is 0 Å². The summed E-state index contributed by atoms with van der Waals surface area (Å²) < 4.78 is 24.8. The monoisotopic (exact) mass is 217 g/mol. The molecule has 0 fully saturated rings. The van der Waals surface area contributed by atoms with E-state index in [-0.39, 0.29) is 24.6 Å². The number of aliphatic hydroxyl groups is 1. The van der Waals surface area contributed by atoms with Crippen molar-refractivity contribution < 1.29 is 13.5 Å². The van der Waals surface area contributed by atoms with E-state index in [1.807, 2.05) is 0 Å². The van der Waals surface area contributed by atoms with E-state index in [4.69, 9.17) is 5.11 Å². The van der Waals surface area contributed by atoms with E-state index < -0.39 is 10.0 Å². The Morgan fingerprint density at radius 3 is 2.86 bits per heavy atom. The summed E-state index contributed by atoms with van der Waals surface area (Å²) in [7, 11) is -3.41. The molecule has 0 aromatic carbocycles. The zero-order chi connectivity index (χ0) is 10.4. The Labute approximate surface area is 82.0 Å². The van der Waals surface area contributed by atoms with Crippen molar-refractivity contribution >= 4 is 15.8 Å². The van der Waals surface area contributed by atoms with E-state index >= 15 is 0 Å². The summed E-state index contributed by atoms with van der Waals surface area (Å²) in [5, 5.41) is 15.6. The molecule has 0 spiro atoms. The molecule has 0 unspecified atom stereocenters. The molecule has 6 nitrogen and oxygen atoms in total. The predicted octanol–water partition coefficient (Wildman–Crippen LogP) is -0.399. The van der Waals surface area contributed by atoms with Crippen LogP contribution in [-0.4, -0.2) is 36.1 Å². The number of aromatic nitrogens is 2. The third kappa shape index (κ3) is 3.67. The summed E-state index contributed by atoms with van der Waals surface area (Å²) >= 11 is 0. The van der Waals surface area contributed by atoms with Gasteiger partial charge in [0.1, 0.15) is 0 Å². The smallest absolute Gasteiger partial charge is 0.234 e. The van der Waals surface area contributed by atoms with Crippen LogP contribution in [0.25, 0.3) is 0 Å². The number of anilines is 1. The van der Waals surface area contributed by atoms with Crippen molar-refractivity contribution in [1.29, 1.82) is 0 Å². The first kappa shape index (κ1) is 10.9. The van der Waals surface area contributed by atoms with Gasteiger partial charge in [0, 0.05) is 12.8 Å². The molecular formula is C7H11N3O3S. The number of nitrogens with one attached hydrogen (secondary N) is 1. The second-order valence-corrected chi connectivity index (χ2v) is 4.45. The van der Waals surface area contributed by atoms with Crippen molar-refractivity contribution in [2.45, 2.75) is 6.42 Å². The molecule has 7 heteroatoms. The highest BCUT2D eigenvalue weighted by molar-refractivity contribution is 7.92. The van der Waals surface area contributed by atoms with E-state index in [1.54, 1.807) is 6.07 Å². The molecule has 0 aliphatic rings. The van der Waals surface area contributed by atoms with Gasteiger partial charge in [-0.1, -0.05) is 0 Å². The number of hydrogen-bond acceptors (Lipinski definition) is 5. The maximum absolute atomic E-state index is 11.3. The van der Waals surface area contributed by atoms with Gasteiger partial charge in [-0.3, -0.25) is 4.72 Å². The minimum absolute atomic E-state index is 0.125. The quantitative estimate of drug-likeness (QED) is 0.700. The fourth-order valence-electron chi connectivity index (χ4n) is 0.821. The number of hydrogen-bond donors (Lipinski definition) is 2. The van der Waals surface area contributed by atoms with E-state index in [2.05, 4.69) is 14.9 Å². The zero-order valence-corrected chi connectivity index (χ0v) is 8.24. The number of sulfonamides is 1. The molecule has 0 atom stereocenters. The van der Waals surface area contributed by atoms with Crippen molar-refractivity contribution in [3.05, 3.63) is 18.3 Å². The fourth-order valence-corrected chi connectivity index (χ4v) is 1.86. The van der Waals surface area contributed by atoms with Gasteiger partial charge in [-0.25, -0.2) is 8.42 Å². The molecular weight excluding hydrogens is 206 g/mol. The molecule has 78 valence electrons. The molecule has 0 bridgehead atoms. The van der Waals surface area contributed by atoms with Gasteiger partial charge in [0.2, 0.25) is 10.0 Å². The minimum atomic E-state index is -3.41. The summed E-state index contributed by atoms with van der Waals surface area (Å²) in [5.41, 5.74) is 0. The van der Waals surface area contributed by atoms with Gasteiger partial charge in [0.25, 0.3) is 0 Å². The first-order valence-corrected chi connectivity index (χ1v) is 5.68. The summed E-state index contributed by atoms with van der Waals surface area (Å²) in [6.45, 7) is -0.151. The molecule has 0 radical (unpaired) electrons. The van der Waals surface area contributed by atoms with Crippen LogP contribution in [0.1, 0.15) is 6.42 Å². The summed E-state index contributed by atoms with van der Waals surface area (Å²) in [5.74, 6) is 0.0607. The topological polar surface area (TPSA) is 92.2 Å². The summed E-state index contributed by atoms with van der Waals surface area (Å²) in [6.07, 6.45) is 1.65. The largest absolute Gasteiger partial charge is 0.396 e. The van der Waals surface area contributed by atoms with Crippen molar-refractivity contribution in [2.24, 2.45) is 0 Å². The van der Waals surface area contributed by atoms with Crippen LogP contribution >= 0.6 is 0 Å². The van der Waals surface area contributed by atoms with Crippen molar-refractivity contribution in [3.8, 4) is 0 Å². The van der Waals surface area contributed by atoms with Crippen LogP contribution in [0.2, 0.25) is 0 Å². The third-order valence-corrected chi connectivity index (χ3v) is 2.75. The van der Waals surface area contributed by atoms with Gasteiger partial charge in [-0.15, -0.1) is 5.10 Å². The lowest BCUT2D eigenvalue weighted by Crippen LogP contribution is -2.18. The highest BCUT2D eigenvalue weighted by atomic mass is 32.2. The Balaban J connectivity index is 2.60. The lowest BCUT2D eigenvalue weighted by Gasteiger charge is -2.04. The molecule has 1 aromatic rings. The fraction of sp³-hybridized carbons (Fsp3) is 0.429. The molecule has 1 aromatic heterocycles. The lowest BCUT2D eigenvalue weighted by molar-refractivity contribution is 0.295. The van der Waals surface area contributed by atoms with Gasteiger partial charge in [0.05, 0.1) is 5.75 Å².